The molecule has 1 aliphatic rings. The summed E-state index contributed by atoms with van der Waals surface area (Å²) in [4.78, 5) is 14.2. The summed E-state index contributed by atoms with van der Waals surface area (Å²) < 4.78 is 5.23. The number of amides is 1. The van der Waals surface area contributed by atoms with Crippen LogP contribution in [0.1, 0.15) is 33.6 Å². The molecule has 1 aliphatic heterocycles. The Morgan fingerprint density at radius 2 is 2.24 bits per heavy atom. The second-order valence-corrected chi connectivity index (χ2v) is 5.09. The number of ether oxygens (including phenoxy) is 1. The molecule has 1 heterocycles. The van der Waals surface area contributed by atoms with Crippen LogP contribution >= 0.6 is 0 Å². The SMILES string of the molecule is CCCNC1CCN(C(COC)C(C)C)C1=O. The van der Waals surface area contributed by atoms with Crippen molar-refractivity contribution < 1.29 is 9.53 Å². The van der Waals surface area contributed by atoms with Crippen LogP contribution in [0.3, 0.4) is 0 Å². The van der Waals surface area contributed by atoms with Crippen molar-refractivity contribution in [3.63, 3.8) is 0 Å². The molecule has 4 nitrogen and oxygen atoms in total. The van der Waals surface area contributed by atoms with E-state index in [9.17, 15) is 4.79 Å². The fourth-order valence-corrected chi connectivity index (χ4v) is 2.35. The van der Waals surface area contributed by atoms with Crippen LogP contribution in [0.15, 0.2) is 0 Å². The van der Waals surface area contributed by atoms with Gasteiger partial charge in [0, 0.05) is 13.7 Å². The van der Waals surface area contributed by atoms with Gasteiger partial charge in [0.15, 0.2) is 0 Å². The minimum Gasteiger partial charge on any atom is -0.383 e. The Labute approximate surface area is 105 Å². The number of hydrogen-bond donors (Lipinski definition) is 1. The van der Waals surface area contributed by atoms with Crippen LogP contribution in [-0.4, -0.2) is 49.7 Å². The van der Waals surface area contributed by atoms with Gasteiger partial charge in [0.05, 0.1) is 18.7 Å². The molecule has 0 aromatic carbocycles. The van der Waals surface area contributed by atoms with Crippen LogP contribution in [0.25, 0.3) is 0 Å². The van der Waals surface area contributed by atoms with Crippen LogP contribution in [0.2, 0.25) is 0 Å². The Balaban J connectivity index is 2.57. The van der Waals surface area contributed by atoms with Crippen molar-refractivity contribution in [2.75, 3.05) is 26.8 Å². The first-order chi connectivity index (χ1) is 8.11. The van der Waals surface area contributed by atoms with Crippen LogP contribution in [0.5, 0.6) is 0 Å². The topological polar surface area (TPSA) is 41.6 Å². The molecule has 4 heteroatoms. The van der Waals surface area contributed by atoms with Crippen molar-refractivity contribution in [1.82, 2.24) is 10.2 Å². The molecule has 1 fully saturated rings. The van der Waals surface area contributed by atoms with Crippen molar-refractivity contribution in [1.29, 1.82) is 0 Å². The largest absolute Gasteiger partial charge is 0.383 e. The van der Waals surface area contributed by atoms with E-state index >= 15 is 0 Å². The van der Waals surface area contributed by atoms with Gasteiger partial charge in [0.25, 0.3) is 0 Å². The summed E-state index contributed by atoms with van der Waals surface area (Å²) in [6.07, 6.45) is 1.99. The minimum atomic E-state index is 0.0213. The Kier molecular flexibility index (Phi) is 5.92. The van der Waals surface area contributed by atoms with Crippen molar-refractivity contribution >= 4 is 5.91 Å². The summed E-state index contributed by atoms with van der Waals surface area (Å²) in [5.41, 5.74) is 0. The van der Waals surface area contributed by atoms with Gasteiger partial charge in [-0.15, -0.1) is 0 Å². The molecular weight excluding hydrogens is 216 g/mol. The standard InChI is InChI=1S/C13H26N2O2/c1-5-7-14-11-6-8-15(13(11)16)12(9-17-4)10(2)3/h10-12,14H,5-9H2,1-4H3. The number of methoxy groups -OCH3 is 1. The third-order valence-corrected chi connectivity index (χ3v) is 3.39. The zero-order valence-electron chi connectivity index (χ0n) is 11.5. The predicted molar refractivity (Wildman–Crippen MR) is 68.9 cm³/mol. The normalized spacial score (nSPS) is 22.5. The van der Waals surface area contributed by atoms with Crippen LogP contribution in [-0.2, 0) is 9.53 Å². The van der Waals surface area contributed by atoms with E-state index in [1.165, 1.54) is 0 Å². The molecule has 2 unspecified atom stereocenters. The number of rotatable bonds is 7. The predicted octanol–water partition coefficient (Wildman–Crippen LogP) is 1.26. The highest BCUT2D eigenvalue weighted by molar-refractivity contribution is 5.84. The second-order valence-electron chi connectivity index (χ2n) is 5.09. The third-order valence-electron chi connectivity index (χ3n) is 3.39. The smallest absolute Gasteiger partial charge is 0.240 e. The molecule has 1 N–H and O–H groups in total. The fourth-order valence-electron chi connectivity index (χ4n) is 2.35. The van der Waals surface area contributed by atoms with E-state index in [-0.39, 0.29) is 18.0 Å². The first kappa shape index (κ1) is 14.5. The van der Waals surface area contributed by atoms with Gasteiger partial charge < -0.3 is 15.0 Å². The van der Waals surface area contributed by atoms with Gasteiger partial charge in [0.1, 0.15) is 0 Å². The van der Waals surface area contributed by atoms with Crippen LogP contribution < -0.4 is 5.32 Å². The average molecular weight is 242 g/mol. The lowest BCUT2D eigenvalue weighted by atomic mass is 10.0. The number of carbonyl (C=O) groups is 1. The highest BCUT2D eigenvalue weighted by Crippen LogP contribution is 2.19. The maximum Gasteiger partial charge on any atom is 0.240 e. The summed E-state index contributed by atoms with van der Waals surface area (Å²) in [5, 5.41) is 3.31. The van der Waals surface area contributed by atoms with Gasteiger partial charge in [-0.2, -0.15) is 0 Å². The van der Waals surface area contributed by atoms with Gasteiger partial charge in [-0.25, -0.2) is 0 Å². The summed E-state index contributed by atoms with van der Waals surface area (Å²) in [6, 6.07) is 0.231. The summed E-state index contributed by atoms with van der Waals surface area (Å²) >= 11 is 0. The number of nitrogens with zero attached hydrogens (tertiary/aromatic N) is 1. The van der Waals surface area contributed by atoms with E-state index in [2.05, 4.69) is 26.1 Å². The third kappa shape index (κ3) is 3.68. The van der Waals surface area contributed by atoms with Gasteiger partial charge in [-0.05, 0) is 25.3 Å². The molecule has 0 radical (unpaired) electrons. The van der Waals surface area contributed by atoms with Gasteiger partial charge >= 0.3 is 0 Å². The minimum absolute atomic E-state index is 0.0213. The van der Waals surface area contributed by atoms with Crippen LogP contribution in [0, 0.1) is 5.92 Å². The molecule has 2 atom stereocenters. The van der Waals surface area contributed by atoms with Gasteiger partial charge in [-0.1, -0.05) is 20.8 Å². The fraction of sp³-hybridized carbons (Fsp3) is 0.923. The van der Waals surface area contributed by atoms with Crippen molar-refractivity contribution in [2.24, 2.45) is 5.92 Å². The zero-order chi connectivity index (χ0) is 12.8. The molecule has 0 spiro atoms. The lowest BCUT2D eigenvalue weighted by molar-refractivity contribution is -0.133. The number of likely N-dealkylation sites (tertiary alicyclic amines) is 1. The average Bonchev–Trinajstić information content (AvgIpc) is 2.64. The van der Waals surface area contributed by atoms with E-state index in [1.54, 1.807) is 7.11 Å². The Hall–Kier alpha value is -0.610. The molecule has 100 valence electrons. The molecule has 0 aromatic heterocycles. The first-order valence-corrected chi connectivity index (χ1v) is 6.64. The van der Waals surface area contributed by atoms with Gasteiger partial charge in [-0.3, -0.25) is 4.79 Å². The second kappa shape index (κ2) is 6.97. The van der Waals surface area contributed by atoms with Gasteiger partial charge in [0.2, 0.25) is 5.91 Å². The molecule has 0 bridgehead atoms. The lowest BCUT2D eigenvalue weighted by Crippen LogP contribution is -2.46. The molecule has 1 amide bonds. The molecule has 0 aliphatic carbocycles. The molecular formula is C13H26N2O2. The van der Waals surface area contributed by atoms with E-state index in [0.29, 0.717) is 12.5 Å². The summed E-state index contributed by atoms with van der Waals surface area (Å²) in [6.45, 7) is 8.80. The highest BCUT2D eigenvalue weighted by atomic mass is 16.5. The van der Waals surface area contributed by atoms with E-state index < -0.39 is 0 Å². The van der Waals surface area contributed by atoms with Crippen molar-refractivity contribution in [2.45, 2.75) is 45.7 Å². The van der Waals surface area contributed by atoms with E-state index in [4.69, 9.17) is 4.74 Å². The monoisotopic (exact) mass is 242 g/mol. The molecule has 17 heavy (non-hydrogen) atoms. The lowest BCUT2D eigenvalue weighted by Gasteiger charge is -2.30. The quantitative estimate of drug-likeness (QED) is 0.731. The first-order valence-electron chi connectivity index (χ1n) is 6.64. The Morgan fingerprint density at radius 3 is 2.76 bits per heavy atom. The number of carbonyl (C=O) groups excluding carboxylic acids is 1. The Morgan fingerprint density at radius 1 is 1.53 bits per heavy atom. The van der Waals surface area contributed by atoms with Crippen molar-refractivity contribution in [3.8, 4) is 0 Å². The molecule has 1 saturated heterocycles. The van der Waals surface area contributed by atoms with Crippen LogP contribution in [0.4, 0.5) is 0 Å². The molecule has 0 saturated carbocycles. The number of nitrogens with one attached hydrogen (secondary N) is 1. The molecule has 0 aromatic rings. The number of hydrogen-bond acceptors (Lipinski definition) is 3. The zero-order valence-corrected chi connectivity index (χ0v) is 11.5. The summed E-state index contributed by atoms with van der Waals surface area (Å²) in [5.74, 6) is 0.679. The van der Waals surface area contributed by atoms with Crippen molar-refractivity contribution in [3.05, 3.63) is 0 Å². The van der Waals surface area contributed by atoms with E-state index in [1.807, 2.05) is 4.90 Å². The molecule has 1 rings (SSSR count). The van der Waals surface area contributed by atoms with E-state index in [0.717, 1.165) is 25.9 Å². The summed E-state index contributed by atoms with van der Waals surface area (Å²) in [7, 11) is 1.70. The highest BCUT2D eigenvalue weighted by Gasteiger charge is 2.36. The maximum atomic E-state index is 12.2. The Bertz CT molecular complexity index is 244. The maximum absolute atomic E-state index is 12.2.